The summed E-state index contributed by atoms with van der Waals surface area (Å²) in [6, 6.07) is 14.1. The van der Waals surface area contributed by atoms with E-state index >= 15 is 0 Å². The Bertz CT molecular complexity index is 851. The van der Waals surface area contributed by atoms with Crippen LogP contribution < -0.4 is 5.32 Å². The zero-order valence-electron chi connectivity index (χ0n) is 14.3. The van der Waals surface area contributed by atoms with Crippen LogP contribution in [0.5, 0.6) is 0 Å². The number of likely N-dealkylation sites (tertiary alicyclic amines) is 1. The first-order chi connectivity index (χ1) is 12.5. The minimum atomic E-state index is -0.480. The van der Waals surface area contributed by atoms with E-state index in [0.29, 0.717) is 24.3 Å². The fourth-order valence-electron chi connectivity index (χ4n) is 3.10. The van der Waals surface area contributed by atoms with Gasteiger partial charge in [0.15, 0.2) is 0 Å². The zero-order valence-corrected chi connectivity index (χ0v) is 14.3. The molecular formula is C19H19N3O4. The van der Waals surface area contributed by atoms with E-state index in [1.807, 2.05) is 30.3 Å². The van der Waals surface area contributed by atoms with E-state index in [1.54, 1.807) is 17.9 Å². The number of nitrogens with zero attached hydrogens (tertiary/aromatic N) is 2. The third-order valence-corrected chi connectivity index (χ3v) is 4.56. The lowest BCUT2D eigenvalue weighted by molar-refractivity contribution is -0.385. The fraction of sp³-hybridized carbons (Fsp3) is 0.263. The second kappa shape index (κ2) is 7.35. The van der Waals surface area contributed by atoms with Crippen LogP contribution in [0.3, 0.4) is 0 Å². The van der Waals surface area contributed by atoms with Gasteiger partial charge in [0, 0.05) is 25.6 Å². The molecule has 1 atom stereocenters. The van der Waals surface area contributed by atoms with Crippen molar-refractivity contribution in [3.05, 3.63) is 69.8 Å². The van der Waals surface area contributed by atoms with E-state index in [2.05, 4.69) is 5.32 Å². The number of benzene rings is 2. The van der Waals surface area contributed by atoms with Crippen molar-refractivity contribution in [1.29, 1.82) is 0 Å². The van der Waals surface area contributed by atoms with Gasteiger partial charge in [-0.05, 0) is 18.6 Å². The summed E-state index contributed by atoms with van der Waals surface area (Å²) in [7, 11) is 0. The quantitative estimate of drug-likeness (QED) is 0.661. The maximum Gasteiger partial charge on any atom is 0.274 e. The van der Waals surface area contributed by atoms with Gasteiger partial charge in [0.25, 0.3) is 5.69 Å². The Morgan fingerprint density at radius 1 is 1.23 bits per heavy atom. The largest absolute Gasteiger partial charge is 0.338 e. The van der Waals surface area contributed by atoms with Crippen molar-refractivity contribution in [3.63, 3.8) is 0 Å². The molecule has 0 spiro atoms. The number of hydrogen-bond acceptors (Lipinski definition) is 4. The molecule has 1 saturated heterocycles. The molecule has 7 nitrogen and oxygen atoms in total. The van der Waals surface area contributed by atoms with Crippen molar-refractivity contribution in [1.82, 2.24) is 4.90 Å². The second-order valence-corrected chi connectivity index (χ2v) is 6.36. The third-order valence-electron chi connectivity index (χ3n) is 4.56. The lowest BCUT2D eigenvalue weighted by atomic mass is 10.1. The van der Waals surface area contributed by atoms with Crippen molar-refractivity contribution >= 4 is 23.2 Å². The summed E-state index contributed by atoms with van der Waals surface area (Å²) < 4.78 is 0. The van der Waals surface area contributed by atoms with Crippen LogP contribution in [0.2, 0.25) is 0 Å². The highest BCUT2D eigenvalue weighted by Gasteiger charge is 2.34. The van der Waals surface area contributed by atoms with E-state index in [1.165, 1.54) is 12.1 Å². The Hall–Kier alpha value is -3.22. The van der Waals surface area contributed by atoms with Gasteiger partial charge in [-0.3, -0.25) is 19.7 Å². The number of rotatable bonds is 5. The molecule has 2 amide bonds. The molecule has 0 bridgehead atoms. The van der Waals surface area contributed by atoms with E-state index in [9.17, 15) is 19.7 Å². The number of nitrogens with one attached hydrogen (secondary N) is 1. The molecule has 2 aromatic rings. The van der Waals surface area contributed by atoms with Crippen LogP contribution in [0, 0.1) is 23.0 Å². The molecule has 1 aliphatic rings. The molecule has 26 heavy (non-hydrogen) atoms. The summed E-state index contributed by atoms with van der Waals surface area (Å²) in [6.07, 6.45) is 0.145. The van der Waals surface area contributed by atoms with Gasteiger partial charge in [-0.1, -0.05) is 36.4 Å². The summed E-state index contributed by atoms with van der Waals surface area (Å²) in [5, 5.41) is 13.7. The van der Waals surface area contributed by atoms with Crippen molar-refractivity contribution in [2.75, 3.05) is 11.9 Å². The van der Waals surface area contributed by atoms with Gasteiger partial charge < -0.3 is 10.2 Å². The predicted molar refractivity (Wildman–Crippen MR) is 96.4 cm³/mol. The topological polar surface area (TPSA) is 92.6 Å². The number of carbonyl (C=O) groups excluding carboxylic acids is 2. The summed E-state index contributed by atoms with van der Waals surface area (Å²) >= 11 is 0. The molecule has 1 N–H and O–H groups in total. The average molecular weight is 353 g/mol. The van der Waals surface area contributed by atoms with Crippen LogP contribution in [0.25, 0.3) is 0 Å². The van der Waals surface area contributed by atoms with Gasteiger partial charge in [-0.15, -0.1) is 0 Å². The molecule has 0 aromatic heterocycles. The Morgan fingerprint density at radius 2 is 1.96 bits per heavy atom. The maximum absolute atomic E-state index is 12.5. The first-order valence-corrected chi connectivity index (χ1v) is 8.32. The standard InChI is InChI=1S/C19H19N3O4/c1-13-16(8-5-9-17(13)22(25)26)20-19(24)15-10-18(23)21(12-15)11-14-6-3-2-4-7-14/h2-9,15H,10-12H2,1H3,(H,20,24)/t15-/m1/s1. The van der Waals surface area contributed by atoms with Crippen molar-refractivity contribution in [2.24, 2.45) is 5.92 Å². The highest BCUT2D eigenvalue weighted by atomic mass is 16.6. The maximum atomic E-state index is 12.5. The number of nitro benzene ring substituents is 1. The molecule has 1 fully saturated rings. The van der Waals surface area contributed by atoms with Gasteiger partial charge in [0.2, 0.25) is 11.8 Å². The van der Waals surface area contributed by atoms with E-state index in [4.69, 9.17) is 0 Å². The molecule has 2 aromatic carbocycles. The fourth-order valence-corrected chi connectivity index (χ4v) is 3.10. The van der Waals surface area contributed by atoms with Crippen molar-refractivity contribution in [3.8, 4) is 0 Å². The van der Waals surface area contributed by atoms with Gasteiger partial charge in [0.1, 0.15) is 0 Å². The molecule has 1 aliphatic heterocycles. The van der Waals surface area contributed by atoms with Crippen LogP contribution in [-0.2, 0) is 16.1 Å². The molecule has 0 radical (unpaired) electrons. The number of amides is 2. The van der Waals surface area contributed by atoms with Gasteiger partial charge in [-0.25, -0.2) is 0 Å². The second-order valence-electron chi connectivity index (χ2n) is 6.36. The lowest BCUT2D eigenvalue weighted by Crippen LogP contribution is -2.28. The van der Waals surface area contributed by atoms with Gasteiger partial charge in [-0.2, -0.15) is 0 Å². The summed E-state index contributed by atoms with van der Waals surface area (Å²) in [6.45, 7) is 2.40. The SMILES string of the molecule is Cc1c(NC(=O)[C@@H]2CC(=O)N(Cc3ccccc3)C2)cccc1[N+](=O)[O-]. The van der Waals surface area contributed by atoms with Crippen LogP contribution in [-0.4, -0.2) is 28.2 Å². The summed E-state index contributed by atoms with van der Waals surface area (Å²) in [5.41, 5.74) is 1.77. The Kier molecular flexibility index (Phi) is 4.97. The third kappa shape index (κ3) is 3.72. The van der Waals surface area contributed by atoms with Crippen molar-refractivity contribution < 1.29 is 14.5 Å². The van der Waals surface area contributed by atoms with Crippen molar-refractivity contribution in [2.45, 2.75) is 19.9 Å². The highest BCUT2D eigenvalue weighted by Crippen LogP contribution is 2.27. The predicted octanol–water partition coefficient (Wildman–Crippen LogP) is 2.89. The Labute approximate surface area is 150 Å². The number of anilines is 1. The number of carbonyl (C=O) groups is 2. The van der Waals surface area contributed by atoms with Crippen LogP contribution in [0.4, 0.5) is 11.4 Å². The molecule has 0 saturated carbocycles. The highest BCUT2D eigenvalue weighted by molar-refractivity contribution is 5.98. The first-order valence-electron chi connectivity index (χ1n) is 8.32. The van der Waals surface area contributed by atoms with Crippen LogP contribution >= 0.6 is 0 Å². The number of hydrogen-bond donors (Lipinski definition) is 1. The smallest absolute Gasteiger partial charge is 0.274 e. The summed E-state index contributed by atoms with van der Waals surface area (Å²) in [5.74, 6) is -0.827. The average Bonchev–Trinajstić information content (AvgIpc) is 2.98. The molecule has 7 heteroatoms. The van der Waals surface area contributed by atoms with E-state index in [-0.39, 0.29) is 23.9 Å². The zero-order chi connectivity index (χ0) is 18.7. The molecule has 0 unspecified atom stereocenters. The van der Waals surface area contributed by atoms with Crippen LogP contribution in [0.15, 0.2) is 48.5 Å². The van der Waals surface area contributed by atoms with E-state index < -0.39 is 10.8 Å². The van der Waals surface area contributed by atoms with E-state index in [0.717, 1.165) is 5.56 Å². The lowest BCUT2D eigenvalue weighted by Gasteiger charge is -2.17. The van der Waals surface area contributed by atoms with Gasteiger partial charge >= 0.3 is 0 Å². The normalized spacial score (nSPS) is 16.6. The Morgan fingerprint density at radius 3 is 2.65 bits per heavy atom. The number of nitro groups is 1. The first kappa shape index (κ1) is 17.6. The molecule has 0 aliphatic carbocycles. The monoisotopic (exact) mass is 353 g/mol. The molecular weight excluding hydrogens is 334 g/mol. The van der Waals surface area contributed by atoms with Gasteiger partial charge in [0.05, 0.1) is 22.1 Å². The summed E-state index contributed by atoms with van der Waals surface area (Å²) in [4.78, 5) is 36.9. The minimum absolute atomic E-state index is 0.0454. The molecule has 1 heterocycles. The Balaban J connectivity index is 1.67. The molecule has 134 valence electrons. The minimum Gasteiger partial charge on any atom is -0.338 e. The molecule has 3 rings (SSSR count). The van der Waals surface area contributed by atoms with Crippen LogP contribution in [0.1, 0.15) is 17.5 Å².